The van der Waals surface area contributed by atoms with E-state index in [-0.39, 0.29) is 18.5 Å². The molecule has 0 radical (unpaired) electrons. The van der Waals surface area contributed by atoms with Crippen molar-refractivity contribution in [2.75, 3.05) is 19.8 Å². The summed E-state index contributed by atoms with van der Waals surface area (Å²) in [5.74, 6) is -0.154. The lowest BCUT2D eigenvalue weighted by atomic mass is 9.99. The molecule has 6 N–H and O–H groups in total. The Morgan fingerprint density at radius 2 is 0.700 bits per heavy atom. The summed E-state index contributed by atoms with van der Waals surface area (Å²) < 4.78 is 16.7. The number of hydrogen-bond acceptors (Lipinski definition) is 10. The van der Waals surface area contributed by atoms with Gasteiger partial charge in [-0.1, -0.05) is 386 Å². The predicted octanol–water partition coefficient (Wildman–Crippen LogP) is 21.4. The smallest absolute Gasteiger partial charge is 0.305 e. The van der Waals surface area contributed by atoms with Crippen LogP contribution in [0.3, 0.4) is 0 Å². The molecule has 534 valence electrons. The Bertz CT molecular complexity index is 1500. The number of aliphatic hydroxyl groups is 5. The van der Waals surface area contributed by atoms with E-state index in [1.807, 2.05) is 6.08 Å². The van der Waals surface area contributed by atoms with E-state index in [1.165, 1.54) is 340 Å². The lowest BCUT2D eigenvalue weighted by Crippen LogP contribution is -2.60. The van der Waals surface area contributed by atoms with Crippen molar-refractivity contribution in [3.05, 3.63) is 12.2 Å². The number of aliphatic hydroxyl groups excluding tert-OH is 5. The molecule has 90 heavy (non-hydrogen) atoms. The summed E-state index contributed by atoms with van der Waals surface area (Å²) in [6.45, 7) is 4.38. The Labute approximate surface area is 557 Å². The molecule has 1 heterocycles. The first-order chi connectivity index (χ1) is 44.2. The third-order valence-electron chi connectivity index (χ3n) is 19.4. The Kier molecular flexibility index (Phi) is 66.0. The number of allylic oxidation sites excluding steroid dienone is 1. The minimum atomic E-state index is -1.57. The van der Waals surface area contributed by atoms with Crippen LogP contribution in [0, 0.1) is 0 Å². The summed E-state index contributed by atoms with van der Waals surface area (Å²) in [4.78, 5) is 25.1. The van der Waals surface area contributed by atoms with Gasteiger partial charge in [-0.3, -0.25) is 9.59 Å². The number of amides is 1. The highest BCUT2D eigenvalue weighted by Crippen LogP contribution is 2.24. The first-order valence-electron chi connectivity index (χ1n) is 40.0. The molecule has 0 aromatic carbocycles. The van der Waals surface area contributed by atoms with E-state index in [0.29, 0.717) is 19.4 Å². The maximum atomic E-state index is 13.0. The van der Waals surface area contributed by atoms with E-state index in [4.69, 9.17) is 14.2 Å². The third kappa shape index (κ3) is 56.7. The second kappa shape index (κ2) is 68.8. The van der Waals surface area contributed by atoms with Crippen LogP contribution in [0.4, 0.5) is 0 Å². The van der Waals surface area contributed by atoms with Crippen LogP contribution in [0.1, 0.15) is 418 Å². The molecule has 1 fully saturated rings. The van der Waals surface area contributed by atoms with Gasteiger partial charge in [-0.25, -0.2) is 0 Å². The molecule has 1 saturated heterocycles. The van der Waals surface area contributed by atoms with Gasteiger partial charge in [0.15, 0.2) is 6.29 Å². The predicted molar refractivity (Wildman–Crippen MR) is 380 cm³/mol. The molecule has 0 aromatic heterocycles. The molecule has 7 unspecified atom stereocenters. The first-order valence-corrected chi connectivity index (χ1v) is 40.0. The standard InChI is InChI=1S/C79H153NO10/c1-3-5-7-9-11-13-14-15-44-47-51-55-59-63-67-75(84)88-68-64-60-56-52-48-45-42-40-38-36-34-32-30-28-26-24-22-20-18-16-17-19-21-23-25-27-29-31-33-35-37-39-41-43-46-50-54-58-62-66-74(83)80-71(72(82)65-61-57-53-49-12-10-8-6-4-2)70-89-79-78(87)77(86)76(85)73(69-81)90-79/h61,65,71-73,76-79,81-82,85-87H,3-60,62-64,66-70H2,1-2H3,(H,80,83)/b65-61+. The maximum absolute atomic E-state index is 13.0. The van der Waals surface area contributed by atoms with Crippen LogP contribution >= 0.6 is 0 Å². The molecule has 1 aliphatic rings. The maximum Gasteiger partial charge on any atom is 0.305 e. The zero-order valence-corrected chi connectivity index (χ0v) is 59.6. The number of nitrogens with one attached hydrogen (secondary N) is 1. The van der Waals surface area contributed by atoms with Gasteiger partial charge in [-0.05, 0) is 32.1 Å². The topological polar surface area (TPSA) is 175 Å². The number of unbranched alkanes of at least 4 members (excludes halogenated alkanes) is 58. The summed E-state index contributed by atoms with van der Waals surface area (Å²) in [7, 11) is 0. The SMILES string of the molecule is CCCCCCCCC/C=C/C(O)C(COC1OC(CO)C(O)C(O)C1O)NC(=O)CCCCCCCCCCCCCCCCCCCCCCCCCCCCCCCCCCCCCCCCCOC(=O)CCCCCCCCCCCCCCCC. The van der Waals surface area contributed by atoms with Gasteiger partial charge in [0.25, 0.3) is 0 Å². The summed E-state index contributed by atoms with van der Waals surface area (Å²) in [6, 6.07) is -0.803. The Morgan fingerprint density at radius 1 is 0.400 bits per heavy atom. The second-order valence-corrected chi connectivity index (χ2v) is 28.1. The van der Waals surface area contributed by atoms with Crippen LogP contribution < -0.4 is 5.32 Å². The van der Waals surface area contributed by atoms with Crippen molar-refractivity contribution >= 4 is 11.9 Å². The highest BCUT2D eigenvalue weighted by atomic mass is 16.7. The fourth-order valence-corrected chi connectivity index (χ4v) is 13.1. The highest BCUT2D eigenvalue weighted by Gasteiger charge is 2.44. The fourth-order valence-electron chi connectivity index (χ4n) is 13.1. The minimum Gasteiger partial charge on any atom is -0.466 e. The van der Waals surface area contributed by atoms with E-state index in [2.05, 4.69) is 19.2 Å². The van der Waals surface area contributed by atoms with E-state index in [1.54, 1.807) is 6.08 Å². The van der Waals surface area contributed by atoms with Gasteiger partial charge < -0.3 is 45.1 Å². The quantitative estimate of drug-likeness (QED) is 0.0195. The summed E-state index contributed by atoms with van der Waals surface area (Å²) in [6.07, 6.45) is 77.0. The average Bonchev–Trinajstić information content (AvgIpc) is 0.983. The van der Waals surface area contributed by atoms with Crippen LogP contribution in [-0.4, -0.2) is 100 Å². The molecular weight excluding hydrogens is 1120 g/mol. The van der Waals surface area contributed by atoms with E-state index < -0.39 is 49.5 Å². The summed E-state index contributed by atoms with van der Waals surface area (Å²) in [5.41, 5.74) is 0. The molecule has 11 nitrogen and oxygen atoms in total. The second-order valence-electron chi connectivity index (χ2n) is 28.1. The van der Waals surface area contributed by atoms with Crippen molar-refractivity contribution in [2.45, 2.75) is 461 Å². The number of hydrogen-bond donors (Lipinski definition) is 6. The van der Waals surface area contributed by atoms with Crippen molar-refractivity contribution in [2.24, 2.45) is 0 Å². The molecule has 1 aliphatic heterocycles. The van der Waals surface area contributed by atoms with Crippen molar-refractivity contribution < 1.29 is 49.3 Å². The number of rotatable bonds is 72. The van der Waals surface area contributed by atoms with Crippen LogP contribution in [0.2, 0.25) is 0 Å². The molecule has 1 rings (SSSR count). The lowest BCUT2D eigenvalue weighted by Gasteiger charge is -2.40. The number of carbonyl (C=O) groups is 2. The normalized spacial score (nSPS) is 17.6. The van der Waals surface area contributed by atoms with Gasteiger partial charge in [-0.2, -0.15) is 0 Å². The zero-order chi connectivity index (χ0) is 65.1. The summed E-state index contributed by atoms with van der Waals surface area (Å²) >= 11 is 0. The van der Waals surface area contributed by atoms with Gasteiger partial charge in [0.1, 0.15) is 24.4 Å². The molecule has 7 atom stereocenters. The molecule has 0 saturated carbocycles. The molecule has 0 spiro atoms. The van der Waals surface area contributed by atoms with Gasteiger partial charge in [-0.15, -0.1) is 0 Å². The zero-order valence-electron chi connectivity index (χ0n) is 59.6. The first kappa shape index (κ1) is 86.4. The van der Waals surface area contributed by atoms with E-state index >= 15 is 0 Å². The van der Waals surface area contributed by atoms with E-state index in [9.17, 15) is 35.1 Å². The third-order valence-corrected chi connectivity index (χ3v) is 19.4. The van der Waals surface area contributed by atoms with Gasteiger partial charge in [0.2, 0.25) is 5.91 Å². The molecule has 0 bridgehead atoms. The lowest BCUT2D eigenvalue weighted by molar-refractivity contribution is -0.302. The van der Waals surface area contributed by atoms with Crippen LogP contribution in [0.5, 0.6) is 0 Å². The van der Waals surface area contributed by atoms with Crippen LogP contribution in [0.15, 0.2) is 12.2 Å². The van der Waals surface area contributed by atoms with E-state index in [0.717, 1.165) is 51.4 Å². The van der Waals surface area contributed by atoms with Crippen LogP contribution in [-0.2, 0) is 23.8 Å². The van der Waals surface area contributed by atoms with Gasteiger partial charge in [0, 0.05) is 12.8 Å². The molecular formula is C79H153NO10. The molecule has 0 aliphatic carbocycles. The Hall–Kier alpha value is -1.60. The Morgan fingerprint density at radius 3 is 1.03 bits per heavy atom. The van der Waals surface area contributed by atoms with Crippen molar-refractivity contribution in [3.8, 4) is 0 Å². The van der Waals surface area contributed by atoms with Crippen molar-refractivity contribution in [1.29, 1.82) is 0 Å². The minimum absolute atomic E-state index is 0.0216. The Balaban J connectivity index is 1.83. The van der Waals surface area contributed by atoms with Gasteiger partial charge >= 0.3 is 5.97 Å². The van der Waals surface area contributed by atoms with Crippen LogP contribution in [0.25, 0.3) is 0 Å². The van der Waals surface area contributed by atoms with Crippen molar-refractivity contribution in [3.63, 3.8) is 0 Å². The largest absolute Gasteiger partial charge is 0.466 e. The molecule has 11 heteroatoms. The molecule has 0 aromatic rings. The highest BCUT2D eigenvalue weighted by molar-refractivity contribution is 5.76. The average molecular weight is 1280 g/mol. The fraction of sp³-hybridized carbons (Fsp3) is 0.949. The monoisotopic (exact) mass is 1280 g/mol. The van der Waals surface area contributed by atoms with Gasteiger partial charge in [0.05, 0.1) is 32.0 Å². The molecule has 1 amide bonds. The number of carbonyl (C=O) groups excluding carboxylic acids is 2. The number of ether oxygens (including phenoxy) is 3. The number of esters is 1. The van der Waals surface area contributed by atoms with Crippen molar-refractivity contribution in [1.82, 2.24) is 5.32 Å². The summed E-state index contributed by atoms with van der Waals surface area (Å²) in [5, 5.41) is 54.3.